The second-order valence-corrected chi connectivity index (χ2v) is 11.3. The highest BCUT2D eigenvalue weighted by Crippen LogP contribution is 2.67. The molecule has 2 saturated heterocycles. The maximum atomic E-state index is 13.0. The largest absolute Gasteiger partial charge is 0.438 e. The van der Waals surface area contributed by atoms with E-state index in [4.69, 9.17) is 14.2 Å². The molecule has 0 N–H and O–H groups in total. The van der Waals surface area contributed by atoms with E-state index in [1.165, 1.54) is 32.1 Å². The fourth-order valence-corrected chi connectivity index (χ4v) is 9.48. The summed E-state index contributed by atoms with van der Waals surface area (Å²) >= 11 is 0. The van der Waals surface area contributed by atoms with Crippen molar-refractivity contribution in [3.63, 3.8) is 0 Å². The van der Waals surface area contributed by atoms with Crippen LogP contribution in [0.4, 0.5) is 0 Å². The summed E-state index contributed by atoms with van der Waals surface area (Å²) in [4.78, 5) is 13.0. The van der Waals surface area contributed by atoms with E-state index in [1.807, 2.05) is 0 Å². The summed E-state index contributed by atoms with van der Waals surface area (Å²) in [6.45, 7) is 7.08. The topological polar surface area (TPSA) is 44.8 Å². The molecule has 30 heavy (non-hydrogen) atoms. The zero-order chi connectivity index (χ0) is 20.7. The van der Waals surface area contributed by atoms with E-state index in [0.29, 0.717) is 29.1 Å². The monoisotopic (exact) mass is 414 g/mol. The van der Waals surface area contributed by atoms with E-state index >= 15 is 0 Å². The van der Waals surface area contributed by atoms with Crippen molar-refractivity contribution in [1.29, 1.82) is 0 Å². The Labute approximate surface area is 181 Å². The van der Waals surface area contributed by atoms with Gasteiger partial charge >= 0.3 is 5.97 Å². The number of hydrogen-bond donors (Lipinski definition) is 0. The van der Waals surface area contributed by atoms with Crippen molar-refractivity contribution in [2.45, 2.75) is 90.4 Å². The average molecular weight is 415 g/mol. The second-order valence-electron chi connectivity index (χ2n) is 11.3. The highest BCUT2D eigenvalue weighted by atomic mass is 16.7. The summed E-state index contributed by atoms with van der Waals surface area (Å²) in [6.07, 6.45) is 14.8. The normalized spacial score (nSPS) is 51.1. The molecule has 166 valence electrons. The number of carbonyl (C=O) groups is 1. The first-order valence-electron chi connectivity index (χ1n) is 12.7. The van der Waals surface area contributed by atoms with Crippen LogP contribution in [-0.4, -0.2) is 31.1 Å². The van der Waals surface area contributed by atoms with Crippen LogP contribution < -0.4 is 0 Å². The first-order valence-corrected chi connectivity index (χ1v) is 12.7. The minimum Gasteiger partial charge on any atom is -0.438 e. The third kappa shape index (κ3) is 2.38. The molecule has 3 saturated carbocycles. The van der Waals surface area contributed by atoms with Gasteiger partial charge in [-0.2, -0.15) is 0 Å². The van der Waals surface area contributed by atoms with Crippen LogP contribution in [0.5, 0.6) is 0 Å². The highest BCUT2D eigenvalue weighted by molar-refractivity contribution is 5.74. The van der Waals surface area contributed by atoms with Gasteiger partial charge in [0.05, 0.1) is 24.2 Å². The number of ether oxygens (including phenoxy) is 3. The Morgan fingerprint density at radius 1 is 1.07 bits per heavy atom. The number of carbonyl (C=O) groups excluding carboxylic acids is 1. The Bertz CT molecular complexity index is 741. The average Bonchev–Trinajstić information content (AvgIpc) is 3.59. The van der Waals surface area contributed by atoms with Crippen LogP contribution in [-0.2, 0) is 19.0 Å². The lowest BCUT2D eigenvalue weighted by Gasteiger charge is -2.47. The van der Waals surface area contributed by atoms with E-state index in [9.17, 15) is 4.79 Å². The van der Waals surface area contributed by atoms with Crippen LogP contribution in [0.15, 0.2) is 12.2 Å². The lowest BCUT2D eigenvalue weighted by Crippen LogP contribution is -2.47. The summed E-state index contributed by atoms with van der Waals surface area (Å²) < 4.78 is 18.6. The fourth-order valence-electron chi connectivity index (χ4n) is 9.48. The lowest BCUT2D eigenvalue weighted by atomic mass is 9.63. The van der Waals surface area contributed by atoms with Gasteiger partial charge in [0.15, 0.2) is 6.79 Å². The van der Waals surface area contributed by atoms with Gasteiger partial charge in [0, 0.05) is 0 Å². The smallest absolute Gasteiger partial charge is 0.313 e. The first-order chi connectivity index (χ1) is 14.6. The number of rotatable bonds is 7. The van der Waals surface area contributed by atoms with Crippen molar-refractivity contribution < 1.29 is 19.0 Å². The molecule has 2 heterocycles. The standard InChI is InChI=1S/C26H38O4/c1-4-25-10-9-17(13-25)26(5-2,6-3)24(25)29-14-28-23(27)18-12-19-20-15-7-8-16(11-15)21(20)22(18)30-19/h7-8,15-22,24H,4-6,9-14H2,1-3H3. The molecule has 2 aliphatic heterocycles. The second kappa shape index (κ2) is 6.81. The molecule has 6 bridgehead atoms. The van der Waals surface area contributed by atoms with Crippen molar-refractivity contribution in [3.8, 4) is 0 Å². The molecule has 0 amide bonds. The van der Waals surface area contributed by atoms with Gasteiger partial charge in [-0.25, -0.2) is 0 Å². The predicted octanol–water partition coefficient (Wildman–Crippen LogP) is 5.11. The van der Waals surface area contributed by atoms with E-state index in [-0.39, 0.29) is 42.4 Å². The molecule has 4 aliphatic carbocycles. The number of allylic oxidation sites excluding steroid dienone is 2. The minimum absolute atomic E-state index is 0.0716. The fraction of sp³-hybridized carbons (Fsp3) is 0.885. The van der Waals surface area contributed by atoms with Crippen LogP contribution in [0.1, 0.15) is 72.1 Å². The summed E-state index contributed by atoms with van der Waals surface area (Å²) in [5, 5.41) is 0. The highest BCUT2D eigenvalue weighted by Gasteiger charge is 2.65. The van der Waals surface area contributed by atoms with Crippen LogP contribution in [0.3, 0.4) is 0 Å². The van der Waals surface area contributed by atoms with Gasteiger partial charge in [-0.15, -0.1) is 0 Å². The van der Waals surface area contributed by atoms with Crippen LogP contribution in [0, 0.1) is 46.3 Å². The molecular formula is C26H38O4. The summed E-state index contributed by atoms with van der Waals surface area (Å²) in [5.74, 6) is 3.10. The molecule has 0 radical (unpaired) electrons. The Morgan fingerprint density at radius 2 is 1.83 bits per heavy atom. The molecule has 0 aromatic rings. The molecule has 4 nitrogen and oxygen atoms in total. The van der Waals surface area contributed by atoms with Crippen LogP contribution in [0.25, 0.3) is 0 Å². The maximum Gasteiger partial charge on any atom is 0.313 e. The van der Waals surface area contributed by atoms with Gasteiger partial charge in [-0.1, -0.05) is 32.9 Å². The van der Waals surface area contributed by atoms with Crippen LogP contribution >= 0.6 is 0 Å². The van der Waals surface area contributed by atoms with E-state index in [2.05, 4.69) is 32.9 Å². The third-order valence-corrected chi connectivity index (χ3v) is 10.9. The minimum atomic E-state index is -0.0881. The van der Waals surface area contributed by atoms with E-state index in [0.717, 1.165) is 25.2 Å². The Morgan fingerprint density at radius 3 is 2.57 bits per heavy atom. The number of esters is 1. The molecule has 0 aromatic carbocycles. The van der Waals surface area contributed by atoms with Crippen molar-refractivity contribution in [1.82, 2.24) is 0 Å². The quantitative estimate of drug-likeness (QED) is 0.330. The summed E-state index contributed by atoms with van der Waals surface area (Å²) in [6, 6.07) is 0. The molecule has 5 fully saturated rings. The zero-order valence-electron chi connectivity index (χ0n) is 18.8. The van der Waals surface area contributed by atoms with Gasteiger partial charge in [-0.05, 0) is 91.8 Å². The molecule has 10 atom stereocenters. The van der Waals surface area contributed by atoms with Gasteiger partial charge in [0.1, 0.15) is 0 Å². The van der Waals surface area contributed by atoms with Crippen molar-refractivity contribution in [3.05, 3.63) is 12.2 Å². The van der Waals surface area contributed by atoms with Gasteiger partial charge in [0.25, 0.3) is 0 Å². The zero-order valence-corrected chi connectivity index (χ0v) is 18.8. The van der Waals surface area contributed by atoms with Gasteiger partial charge in [-0.3, -0.25) is 4.79 Å². The Hall–Kier alpha value is -0.870. The maximum absolute atomic E-state index is 13.0. The molecule has 10 unspecified atom stereocenters. The van der Waals surface area contributed by atoms with E-state index < -0.39 is 0 Å². The van der Waals surface area contributed by atoms with Crippen molar-refractivity contribution in [2.75, 3.05) is 6.79 Å². The van der Waals surface area contributed by atoms with E-state index in [1.54, 1.807) is 0 Å². The Balaban J connectivity index is 1.10. The number of fused-ring (bicyclic) bond motifs is 11. The predicted molar refractivity (Wildman–Crippen MR) is 113 cm³/mol. The third-order valence-electron chi connectivity index (χ3n) is 10.9. The first kappa shape index (κ1) is 19.8. The molecular weight excluding hydrogens is 376 g/mol. The molecule has 6 aliphatic rings. The molecule has 0 spiro atoms. The number of hydrogen-bond acceptors (Lipinski definition) is 4. The van der Waals surface area contributed by atoms with Crippen LogP contribution in [0.2, 0.25) is 0 Å². The molecule has 6 rings (SSSR count). The SMILES string of the molecule is CCC12CCC(C1)C(CC)(CC)C2OCOC(=O)C1CC2OC1C1C3C=CC(C3)C21. The van der Waals surface area contributed by atoms with Gasteiger partial charge < -0.3 is 14.2 Å². The molecule has 4 heteroatoms. The van der Waals surface area contributed by atoms with Gasteiger partial charge in [0.2, 0.25) is 0 Å². The molecule has 0 aromatic heterocycles. The van der Waals surface area contributed by atoms with Crippen molar-refractivity contribution >= 4 is 5.97 Å². The Kier molecular flexibility index (Phi) is 4.49. The summed E-state index contributed by atoms with van der Waals surface area (Å²) in [5.41, 5.74) is 0.556. The van der Waals surface area contributed by atoms with Crippen molar-refractivity contribution in [2.24, 2.45) is 46.3 Å². The summed E-state index contributed by atoms with van der Waals surface area (Å²) in [7, 11) is 0. The lowest BCUT2D eigenvalue weighted by molar-refractivity contribution is -0.190.